The van der Waals surface area contributed by atoms with Crippen LogP contribution in [0.4, 0.5) is 5.69 Å². The Hall–Kier alpha value is -1.11. The van der Waals surface area contributed by atoms with Gasteiger partial charge in [-0.2, -0.15) is 4.31 Å². The molecule has 0 unspecified atom stereocenters. The molecule has 1 aromatic rings. The predicted octanol–water partition coefficient (Wildman–Crippen LogP) is 1.27. The molecule has 1 aliphatic heterocycles. The lowest BCUT2D eigenvalue weighted by Crippen LogP contribution is -2.48. The van der Waals surface area contributed by atoms with E-state index in [2.05, 4.69) is 41.4 Å². The molecule has 118 valence electrons. The van der Waals surface area contributed by atoms with Crippen molar-refractivity contribution in [1.29, 1.82) is 0 Å². The second-order valence-electron chi connectivity index (χ2n) is 5.49. The molecule has 2 rings (SSSR count). The number of benzene rings is 1. The molecule has 21 heavy (non-hydrogen) atoms. The van der Waals surface area contributed by atoms with Crippen LogP contribution in [0.15, 0.2) is 24.3 Å². The maximum Gasteiger partial charge on any atom is 0.211 e. The van der Waals surface area contributed by atoms with Crippen LogP contribution in [0, 0.1) is 0 Å². The molecule has 6 heteroatoms. The fraction of sp³-hybridized carbons (Fsp3) is 0.600. The Morgan fingerprint density at radius 1 is 1.10 bits per heavy atom. The van der Waals surface area contributed by atoms with Gasteiger partial charge < -0.3 is 10.2 Å². The van der Waals surface area contributed by atoms with Gasteiger partial charge in [0.05, 0.1) is 6.26 Å². The first-order valence-corrected chi connectivity index (χ1v) is 9.35. The Morgan fingerprint density at radius 3 is 2.24 bits per heavy atom. The van der Waals surface area contributed by atoms with Crippen LogP contribution in [-0.4, -0.2) is 51.7 Å². The van der Waals surface area contributed by atoms with Crippen molar-refractivity contribution in [2.45, 2.75) is 19.9 Å². The second-order valence-corrected chi connectivity index (χ2v) is 7.47. The molecule has 0 radical (unpaired) electrons. The van der Waals surface area contributed by atoms with Gasteiger partial charge in [-0.25, -0.2) is 8.42 Å². The molecule has 0 saturated carbocycles. The Labute approximate surface area is 128 Å². The van der Waals surface area contributed by atoms with Crippen LogP contribution >= 0.6 is 0 Å². The highest BCUT2D eigenvalue weighted by Gasteiger charge is 2.23. The normalized spacial score (nSPS) is 17.1. The van der Waals surface area contributed by atoms with Gasteiger partial charge in [-0.1, -0.05) is 19.1 Å². The van der Waals surface area contributed by atoms with Gasteiger partial charge in [-0.05, 0) is 30.7 Å². The summed E-state index contributed by atoms with van der Waals surface area (Å²) in [5.41, 5.74) is 2.45. The quantitative estimate of drug-likeness (QED) is 0.804. The molecule has 1 aliphatic rings. The van der Waals surface area contributed by atoms with E-state index in [4.69, 9.17) is 0 Å². The number of anilines is 1. The summed E-state index contributed by atoms with van der Waals surface area (Å²) in [7, 11) is -3.05. The SMILES string of the molecule is CCCNCc1ccc(N2CCN(S(C)(=O)=O)CC2)cc1. The van der Waals surface area contributed by atoms with E-state index in [9.17, 15) is 8.42 Å². The fourth-order valence-electron chi connectivity index (χ4n) is 2.51. The third kappa shape index (κ3) is 4.69. The van der Waals surface area contributed by atoms with Crippen LogP contribution < -0.4 is 10.2 Å². The van der Waals surface area contributed by atoms with Crippen LogP contribution in [0.3, 0.4) is 0 Å². The minimum Gasteiger partial charge on any atom is -0.369 e. The Bertz CT molecular complexity index is 535. The molecule has 1 fully saturated rings. The molecule has 0 atom stereocenters. The Morgan fingerprint density at radius 2 is 1.71 bits per heavy atom. The molecule has 5 nitrogen and oxygen atoms in total. The number of nitrogens with zero attached hydrogens (tertiary/aromatic N) is 2. The van der Waals surface area contributed by atoms with Gasteiger partial charge in [0.2, 0.25) is 10.0 Å². The van der Waals surface area contributed by atoms with Crippen molar-refractivity contribution in [3.8, 4) is 0 Å². The second kappa shape index (κ2) is 7.24. The smallest absolute Gasteiger partial charge is 0.211 e. The summed E-state index contributed by atoms with van der Waals surface area (Å²) in [4.78, 5) is 2.24. The molecule has 0 aromatic heterocycles. The molecule has 1 aromatic carbocycles. The number of sulfonamides is 1. The minimum absolute atomic E-state index is 0.568. The molecule has 0 spiro atoms. The molecule has 0 bridgehead atoms. The summed E-state index contributed by atoms with van der Waals surface area (Å²) in [6, 6.07) is 8.53. The van der Waals surface area contributed by atoms with E-state index in [1.165, 1.54) is 17.5 Å². The summed E-state index contributed by atoms with van der Waals surface area (Å²) < 4.78 is 24.5. The van der Waals surface area contributed by atoms with Gasteiger partial charge >= 0.3 is 0 Å². The first kappa shape index (κ1) is 16.3. The molecular formula is C15H25N3O2S. The molecule has 1 saturated heterocycles. The van der Waals surface area contributed by atoms with Crippen molar-refractivity contribution in [3.05, 3.63) is 29.8 Å². The lowest BCUT2D eigenvalue weighted by atomic mass is 10.2. The molecule has 0 amide bonds. The Kier molecular flexibility index (Phi) is 5.61. The maximum atomic E-state index is 11.5. The van der Waals surface area contributed by atoms with Crippen LogP contribution in [0.5, 0.6) is 0 Å². The summed E-state index contributed by atoms with van der Waals surface area (Å²) in [5.74, 6) is 0. The first-order chi connectivity index (χ1) is 10.0. The summed E-state index contributed by atoms with van der Waals surface area (Å²) in [6.45, 7) is 6.73. The fourth-order valence-corrected chi connectivity index (χ4v) is 3.34. The minimum atomic E-state index is -3.05. The lowest BCUT2D eigenvalue weighted by molar-refractivity contribution is 0.388. The van der Waals surface area contributed by atoms with Crippen molar-refractivity contribution in [1.82, 2.24) is 9.62 Å². The maximum absolute atomic E-state index is 11.5. The van der Waals surface area contributed by atoms with E-state index in [1.54, 1.807) is 4.31 Å². The zero-order valence-corrected chi connectivity index (χ0v) is 13.7. The highest BCUT2D eigenvalue weighted by molar-refractivity contribution is 7.88. The van der Waals surface area contributed by atoms with Crippen LogP contribution in [-0.2, 0) is 16.6 Å². The number of nitrogens with one attached hydrogen (secondary N) is 1. The van der Waals surface area contributed by atoms with Crippen molar-refractivity contribution in [2.75, 3.05) is 43.9 Å². The van der Waals surface area contributed by atoms with Gasteiger partial charge in [0.1, 0.15) is 0 Å². The van der Waals surface area contributed by atoms with Gasteiger partial charge in [-0.15, -0.1) is 0 Å². The predicted molar refractivity (Wildman–Crippen MR) is 87.1 cm³/mol. The van der Waals surface area contributed by atoms with E-state index in [-0.39, 0.29) is 0 Å². The van der Waals surface area contributed by atoms with Crippen LogP contribution in [0.1, 0.15) is 18.9 Å². The number of hydrogen-bond acceptors (Lipinski definition) is 4. The topological polar surface area (TPSA) is 52.6 Å². The van der Waals surface area contributed by atoms with E-state index in [1.807, 2.05) is 0 Å². The Balaban J connectivity index is 1.89. The highest BCUT2D eigenvalue weighted by atomic mass is 32.2. The van der Waals surface area contributed by atoms with Gasteiger partial charge in [-0.3, -0.25) is 0 Å². The van der Waals surface area contributed by atoms with Crippen molar-refractivity contribution in [2.24, 2.45) is 0 Å². The van der Waals surface area contributed by atoms with Gasteiger partial charge in [0.25, 0.3) is 0 Å². The first-order valence-electron chi connectivity index (χ1n) is 7.50. The molecule has 1 N–H and O–H groups in total. The number of hydrogen-bond donors (Lipinski definition) is 1. The van der Waals surface area contributed by atoms with E-state index in [0.717, 1.165) is 32.6 Å². The molecular weight excluding hydrogens is 286 g/mol. The van der Waals surface area contributed by atoms with Crippen LogP contribution in [0.25, 0.3) is 0 Å². The lowest BCUT2D eigenvalue weighted by Gasteiger charge is -2.34. The number of piperazine rings is 1. The summed E-state index contributed by atoms with van der Waals surface area (Å²) in [5, 5.41) is 3.39. The standard InChI is InChI=1S/C15H25N3O2S/c1-3-8-16-13-14-4-6-15(7-5-14)17-9-11-18(12-10-17)21(2,19)20/h4-7,16H,3,8-13H2,1-2H3. The molecule has 1 heterocycles. The van der Waals surface area contributed by atoms with Crippen molar-refractivity contribution < 1.29 is 8.42 Å². The van der Waals surface area contributed by atoms with Crippen LogP contribution in [0.2, 0.25) is 0 Å². The van der Waals surface area contributed by atoms with Gasteiger partial charge in [0.15, 0.2) is 0 Å². The molecule has 0 aliphatic carbocycles. The number of rotatable bonds is 6. The monoisotopic (exact) mass is 311 g/mol. The third-order valence-electron chi connectivity index (χ3n) is 3.77. The average molecular weight is 311 g/mol. The van der Waals surface area contributed by atoms with E-state index >= 15 is 0 Å². The average Bonchev–Trinajstić information content (AvgIpc) is 2.48. The van der Waals surface area contributed by atoms with E-state index < -0.39 is 10.0 Å². The summed E-state index contributed by atoms with van der Waals surface area (Å²) in [6.07, 6.45) is 2.42. The third-order valence-corrected chi connectivity index (χ3v) is 5.07. The zero-order chi connectivity index (χ0) is 15.3. The largest absolute Gasteiger partial charge is 0.369 e. The summed E-state index contributed by atoms with van der Waals surface area (Å²) >= 11 is 0. The zero-order valence-electron chi connectivity index (χ0n) is 12.9. The van der Waals surface area contributed by atoms with E-state index in [0.29, 0.717) is 13.1 Å². The van der Waals surface area contributed by atoms with Gasteiger partial charge in [0, 0.05) is 38.4 Å². The van der Waals surface area contributed by atoms with Crippen molar-refractivity contribution in [3.63, 3.8) is 0 Å². The van der Waals surface area contributed by atoms with Crippen molar-refractivity contribution >= 4 is 15.7 Å². The highest BCUT2D eigenvalue weighted by Crippen LogP contribution is 2.18.